The smallest absolute Gasteiger partial charge is 0.234 e. The summed E-state index contributed by atoms with van der Waals surface area (Å²) < 4.78 is 5.90. The molecule has 0 spiro atoms. The quantitative estimate of drug-likeness (QED) is 0.850. The van der Waals surface area contributed by atoms with Gasteiger partial charge in [0.25, 0.3) is 0 Å². The third-order valence-corrected chi connectivity index (χ3v) is 3.73. The zero-order valence-corrected chi connectivity index (χ0v) is 13.1. The number of nitrogens with zero attached hydrogens (tertiary/aromatic N) is 1. The van der Waals surface area contributed by atoms with Crippen molar-refractivity contribution in [3.63, 3.8) is 0 Å². The van der Waals surface area contributed by atoms with Crippen molar-refractivity contribution in [2.24, 2.45) is 0 Å². The second-order valence-electron chi connectivity index (χ2n) is 5.28. The largest absolute Gasteiger partial charge is 0.459 e. The molecular weight excluding hydrogens is 264 g/mol. The first-order valence-corrected chi connectivity index (χ1v) is 7.65. The minimum absolute atomic E-state index is 0.0710. The van der Waals surface area contributed by atoms with E-state index in [2.05, 4.69) is 37.1 Å². The van der Waals surface area contributed by atoms with Crippen LogP contribution in [-0.4, -0.2) is 30.4 Å². The van der Waals surface area contributed by atoms with Crippen LogP contribution in [0.5, 0.6) is 0 Å². The van der Waals surface area contributed by atoms with Gasteiger partial charge in [0.15, 0.2) is 0 Å². The lowest BCUT2D eigenvalue weighted by atomic mass is 10.2. The van der Waals surface area contributed by atoms with Crippen LogP contribution in [-0.2, 0) is 4.79 Å². The second-order valence-corrected chi connectivity index (χ2v) is 5.28. The second kappa shape index (κ2) is 7.27. The van der Waals surface area contributed by atoms with Crippen molar-refractivity contribution in [3.05, 3.63) is 36.1 Å². The van der Waals surface area contributed by atoms with Crippen molar-refractivity contribution in [2.75, 3.05) is 19.6 Å². The molecule has 21 heavy (non-hydrogen) atoms. The zero-order valence-electron chi connectivity index (χ0n) is 13.1. The Kier molecular flexibility index (Phi) is 5.39. The summed E-state index contributed by atoms with van der Waals surface area (Å²) in [6.45, 7) is 8.12. The minimum atomic E-state index is 0.0710. The molecule has 1 atom stereocenters. The molecule has 1 amide bonds. The Morgan fingerprint density at radius 2 is 2.10 bits per heavy atom. The van der Waals surface area contributed by atoms with Crippen molar-refractivity contribution in [1.29, 1.82) is 0 Å². The maximum absolute atomic E-state index is 11.9. The Bertz CT molecular complexity index is 558. The van der Waals surface area contributed by atoms with Crippen LogP contribution in [0.25, 0.3) is 11.0 Å². The highest BCUT2D eigenvalue weighted by Crippen LogP contribution is 2.27. The average molecular weight is 288 g/mol. The van der Waals surface area contributed by atoms with Crippen molar-refractivity contribution < 1.29 is 9.21 Å². The Balaban J connectivity index is 2.08. The van der Waals surface area contributed by atoms with Gasteiger partial charge in [-0.1, -0.05) is 32.0 Å². The molecule has 1 aromatic carbocycles. The molecule has 4 nitrogen and oxygen atoms in total. The normalized spacial score (nSPS) is 12.8. The molecule has 114 valence electrons. The fourth-order valence-corrected chi connectivity index (χ4v) is 2.42. The summed E-state index contributed by atoms with van der Waals surface area (Å²) in [6.07, 6.45) is 0.955. The average Bonchev–Trinajstić information content (AvgIpc) is 2.93. The predicted molar refractivity (Wildman–Crippen MR) is 85.2 cm³/mol. The lowest BCUT2D eigenvalue weighted by molar-refractivity contribution is -0.122. The third kappa shape index (κ3) is 3.85. The molecule has 0 aliphatic carbocycles. The van der Waals surface area contributed by atoms with Crippen LogP contribution in [0.3, 0.4) is 0 Å². The summed E-state index contributed by atoms with van der Waals surface area (Å²) in [6, 6.07) is 10.1. The highest BCUT2D eigenvalue weighted by Gasteiger charge is 2.20. The monoisotopic (exact) mass is 288 g/mol. The number of amides is 1. The van der Waals surface area contributed by atoms with Crippen LogP contribution in [0.1, 0.15) is 39.0 Å². The first-order valence-electron chi connectivity index (χ1n) is 7.65. The fraction of sp³-hybridized carbons (Fsp3) is 0.471. The maximum atomic E-state index is 11.9. The number of fused-ring (bicyclic) bond motifs is 1. The third-order valence-electron chi connectivity index (χ3n) is 3.73. The number of carbonyl (C=O) groups is 1. The molecule has 1 aromatic heterocycles. The molecule has 0 aliphatic rings. The number of carbonyl (C=O) groups excluding carboxylic acids is 1. The van der Waals surface area contributed by atoms with Gasteiger partial charge in [-0.25, -0.2) is 0 Å². The molecule has 0 radical (unpaired) electrons. The van der Waals surface area contributed by atoms with Gasteiger partial charge in [0.1, 0.15) is 11.3 Å². The first kappa shape index (κ1) is 15.6. The number of hydrogen-bond donors (Lipinski definition) is 1. The number of furan rings is 1. The van der Waals surface area contributed by atoms with Crippen molar-refractivity contribution >= 4 is 16.9 Å². The van der Waals surface area contributed by atoms with E-state index in [1.54, 1.807) is 0 Å². The van der Waals surface area contributed by atoms with E-state index in [1.165, 1.54) is 0 Å². The SMILES string of the molecule is CCCNC(=O)CN(CC)C(C)c1cc2ccccc2o1. The summed E-state index contributed by atoms with van der Waals surface area (Å²) in [5, 5.41) is 4.02. The van der Waals surface area contributed by atoms with Gasteiger partial charge in [-0.2, -0.15) is 0 Å². The summed E-state index contributed by atoms with van der Waals surface area (Å²) in [5.74, 6) is 0.975. The number of benzene rings is 1. The molecule has 4 heteroatoms. The van der Waals surface area contributed by atoms with Gasteiger partial charge in [-0.05, 0) is 32.0 Å². The molecule has 2 aromatic rings. The molecule has 0 aliphatic heterocycles. The maximum Gasteiger partial charge on any atom is 0.234 e. The summed E-state index contributed by atoms with van der Waals surface area (Å²) >= 11 is 0. The van der Waals surface area contributed by atoms with Gasteiger partial charge < -0.3 is 9.73 Å². The molecule has 1 unspecified atom stereocenters. The van der Waals surface area contributed by atoms with E-state index in [0.717, 1.165) is 36.2 Å². The van der Waals surface area contributed by atoms with Crippen LogP contribution in [0.15, 0.2) is 34.7 Å². The van der Waals surface area contributed by atoms with E-state index in [0.29, 0.717) is 6.54 Å². The predicted octanol–water partition coefficient (Wildman–Crippen LogP) is 3.34. The standard InChI is InChI=1S/C17H24N2O2/c1-4-10-18-17(20)12-19(5-2)13(3)16-11-14-8-6-7-9-15(14)21-16/h6-9,11,13H,4-5,10,12H2,1-3H3,(H,18,20). The molecular formula is C17H24N2O2. The summed E-state index contributed by atoms with van der Waals surface area (Å²) in [4.78, 5) is 14.0. The minimum Gasteiger partial charge on any atom is -0.459 e. The first-order chi connectivity index (χ1) is 10.2. The lowest BCUT2D eigenvalue weighted by Gasteiger charge is -2.25. The fourth-order valence-electron chi connectivity index (χ4n) is 2.42. The van der Waals surface area contributed by atoms with E-state index in [9.17, 15) is 4.79 Å². The zero-order chi connectivity index (χ0) is 15.2. The molecule has 0 bridgehead atoms. The molecule has 1 heterocycles. The summed E-state index contributed by atoms with van der Waals surface area (Å²) in [7, 11) is 0. The van der Waals surface area contributed by atoms with Gasteiger partial charge >= 0.3 is 0 Å². The van der Waals surface area contributed by atoms with E-state index in [1.807, 2.05) is 24.3 Å². The Labute approximate surface area is 126 Å². The number of rotatable bonds is 7. The van der Waals surface area contributed by atoms with Crippen LogP contribution < -0.4 is 5.32 Å². The van der Waals surface area contributed by atoms with Crippen molar-refractivity contribution in [2.45, 2.75) is 33.2 Å². The number of nitrogens with one attached hydrogen (secondary N) is 1. The summed E-state index contributed by atoms with van der Waals surface area (Å²) in [5.41, 5.74) is 0.894. The number of likely N-dealkylation sites (N-methyl/N-ethyl adjacent to an activating group) is 1. The highest BCUT2D eigenvalue weighted by molar-refractivity contribution is 5.79. The van der Waals surface area contributed by atoms with Gasteiger partial charge in [0, 0.05) is 11.9 Å². The van der Waals surface area contributed by atoms with E-state index >= 15 is 0 Å². The Hall–Kier alpha value is -1.81. The van der Waals surface area contributed by atoms with Crippen molar-refractivity contribution in [1.82, 2.24) is 10.2 Å². The van der Waals surface area contributed by atoms with Crippen LogP contribution >= 0.6 is 0 Å². The Morgan fingerprint density at radius 3 is 2.76 bits per heavy atom. The van der Waals surface area contributed by atoms with E-state index < -0.39 is 0 Å². The van der Waals surface area contributed by atoms with E-state index in [-0.39, 0.29) is 11.9 Å². The lowest BCUT2D eigenvalue weighted by Crippen LogP contribution is -2.38. The van der Waals surface area contributed by atoms with Gasteiger partial charge in [-0.15, -0.1) is 0 Å². The van der Waals surface area contributed by atoms with E-state index in [4.69, 9.17) is 4.42 Å². The number of para-hydroxylation sites is 1. The van der Waals surface area contributed by atoms with Crippen LogP contribution in [0.4, 0.5) is 0 Å². The van der Waals surface area contributed by atoms with Gasteiger partial charge in [0.05, 0.1) is 12.6 Å². The molecule has 0 saturated heterocycles. The van der Waals surface area contributed by atoms with Crippen LogP contribution in [0, 0.1) is 0 Å². The molecule has 0 fully saturated rings. The highest BCUT2D eigenvalue weighted by atomic mass is 16.3. The Morgan fingerprint density at radius 1 is 1.33 bits per heavy atom. The van der Waals surface area contributed by atoms with Crippen LogP contribution in [0.2, 0.25) is 0 Å². The van der Waals surface area contributed by atoms with Crippen molar-refractivity contribution in [3.8, 4) is 0 Å². The van der Waals surface area contributed by atoms with Gasteiger partial charge in [-0.3, -0.25) is 9.69 Å². The molecule has 0 saturated carbocycles. The number of hydrogen-bond acceptors (Lipinski definition) is 3. The molecule has 1 N–H and O–H groups in total. The molecule has 2 rings (SSSR count). The topological polar surface area (TPSA) is 45.5 Å². The van der Waals surface area contributed by atoms with Gasteiger partial charge in [0.2, 0.25) is 5.91 Å².